The van der Waals surface area contributed by atoms with Gasteiger partial charge in [-0.3, -0.25) is 23.9 Å². The maximum atomic E-state index is 13.2. The number of methoxy groups -OCH3 is 1. The zero-order chi connectivity index (χ0) is 26.7. The minimum Gasteiger partial charge on any atom is -0.497 e. The number of nitrogens with zero attached hydrogens (tertiary/aromatic N) is 3. The van der Waals surface area contributed by atoms with Crippen LogP contribution in [0.2, 0.25) is 0 Å². The van der Waals surface area contributed by atoms with E-state index >= 15 is 0 Å². The number of nitriles is 1. The Bertz CT molecular complexity index is 1380. The largest absolute Gasteiger partial charge is 0.497 e. The molecule has 9 nitrogen and oxygen atoms in total. The van der Waals surface area contributed by atoms with Crippen molar-refractivity contribution in [2.24, 2.45) is 0 Å². The third-order valence-electron chi connectivity index (χ3n) is 6.34. The van der Waals surface area contributed by atoms with Gasteiger partial charge in [0.05, 0.1) is 30.2 Å². The minimum atomic E-state index is -0.662. The summed E-state index contributed by atoms with van der Waals surface area (Å²) in [7, 11) is 1.57. The van der Waals surface area contributed by atoms with E-state index in [0.717, 1.165) is 28.3 Å². The highest BCUT2D eigenvalue weighted by molar-refractivity contribution is 8.26. The van der Waals surface area contributed by atoms with Gasteiger partial charge in [0, 0.05) is 19.6 Å². The van der Waals surface area contributed by atoms with Gasteiger partial charge in [-0.05, 0) is 49.1 Å². The fourth-order valence-corrected chi connectivity index (χ4v) is 5.64. The van der Waals surface area contributed by atoms with Crippen molar-refractivity contribution in [3.05, 3.63) is 61.8 Å². The molecule has 1 aromatic carbocycles. The van der Waals surface area contributed by atoms with Crippen LogP contribution in [0.25, 0.3) is 6.08 Å². The molecule has 1 unspecified atom stereocenters. The average molecular weight is 540 g/mol. The van der Waals surface area contributed by atoms with Crippen molar-refractivity contribution in [1.29, 1.82) is 5.26 Å². The van der Waals surface area contributed by atoms with Crippen LogP contribution in [-0.4, -0.2) is 56.9 Å². The number of ether oxygens (including phenoxy) is 2. The molecule has 1 N–H and O–H groups in total. The molecule has 1 atom stereocenters. The Morgan fingerprint density at radius 3 is 2.70 bits per heavy atom. The van der Waals surface area contributed by atoms with Gasteiger partial charge < -0.3 is 14.6 Å². The summed E-state index contributed by atoms with van der Waals surface area (Å²) in [4.78, 5) is 40.8. The molecule has 0 spiro atoms. The van der Waals surface area contributed by atoms with Gasteiger partial charge in [-0.1, -0.05) is 36.1 Å². The predicted molar refractivity (Wildman–Crippen MR) is 143 cm³/mol. The number of hydrogen-bond acceptors (Lipinski definition) is 9. The molecule has 2 aliphatic heterocycles. The molecule has 0 bridgehead atoms. The summed E-state index contributed by atoms with van der Waals surface area (Å²) in [6.07, 6.45) is 2.83. The van der Waals surface area contributed by atoms with Crippen molar-refractivity contribution < 1.29 is 24.2 Å². The number of aromatic nitrogens is 1. The lowest BCUT2D eigenvalue weighted by atomic mass is 9.99. The van der Waals surface area contributed by atoms with Crippen LogP contribution in [0.15, 0.2) is 34.0 Å². The molecule has 2 aromatic rings. The molecule has 4 rings (SSSR count). The summed E-state index contributed by atoms with van der Waals surface area (Å²) < 4.78 is 12.1. The fourth-order valence-electron chi connectivity index (χ4n) is 4.33. The van der Waals surface area contributed by atoms with Gasteiger partial charge in [0.2, 0.25) is 5.88 Å². The number of amides is 1. The first-order chi connectivity index (χ1) is 17.7. The lowest BCUT2D eigenvalue weighted by molar-refractivity contribution is -0.122. The van der Waals surface area contributed by atoms with E-state index in [9.17, 15) is 24.8 Å². The standard InChI is InChI=1S/C26H25N3O6S2/c1-15-19(13-27)23(31)29(14-18-4-3-11-35-18)25(33)22(15)20(30)9-10-28-24(32)21(37-26(28)36)12-16-5-7-17(34-2)8-6-16/h5-8,12,18,33H,3-4,9-11,14H2,1-2H3/b21-12-. The van der Waals surface area contributed by atoms with E-state index in [-0.39, 0.29) is 48.2 Å². The molecule has 2 fully saturated rings. The molecule has 3 heterocycles. The van der Waals surface area contributed by atoms with Crippen LogP contribution in [0.4, 0.5) is 0 Å². The van der Waals surface area contributed by atoms with Crippen LogP contribution in [0.1, 0.15) is 46.3 Å². The second-order valence-electron chi connectivity index (χ2n) is 8.64. The van der Waals surface area contributed by atoms with Crippen molar-refractivity contribution in [2.75, 3.05) is 20.3 Å². The molecule has 0 aliphatic carbocycles. The molecule has 2 saturated heterocycles. The number of carbonyl (C=O) groups is 2. The number of hydrogen-bond donors (Lipinski definition) is 1. The number of thiocarbonyl (C=S) groups is 1. The van der Waals surface area contributed by atoms with Crippen LogP contribution < -0.4 is 10.3 Å². The van der Waals surface area contributed by atoms with Gasteiger partial charge in [-0.15, -0.1) is 0 Å². The van der Waals surface area contributed by atoms with E-state index in [1.807, 2.05) is 18.2 Å². The lowest BCUT2D eigenvalue weighted by Crippen LogP contribution is -2.32. The van der Waals surface area contributed by atoms with Gasteiger partial charge >= 0.3 is 0 Å². The SMILES string of the molecule is COc1ccc(/C=C2\SC(=S)N(CCC(=O)c3c(C)c(C#N)c(=O)n(CC4CCCO4)c3O)C2=O)cc1. The molecule has 2 aliphatic rings. The van der Waals surface area contributed by atoms with Gasteiger partial charge in [-0.2, -0.15) is 5.26 Å². The van der Waals surface area contributed by atoms with Crippen molar-refractivity contribution >= 4 is 46.1 Å². The Hall–Kier alpha value is -3.46. The molecule has 11 heteroatoms. The Balaban J connectivity index is 1.53. The number of aromatic hydroxyl groups is 1. The summed E-state index contributed by atoms with van der Waals surface area (Å²) in [5.41, 5.74) is -0.0514. The Morgan fingerprint density at radius 1 is 1.35 bits per heavy atom. The summed E-state index contributed by atoms with van der Waals surface area (Å²) >= 11 is 6.52. The Kier molecular flexibility index (Phi) is 8.12. The van der Waals surface area contributed by atoms with Gasteiger partial charge in [0.15, 0.2) is 5.78 Å². The van der Waals surface area contributed by atoms with E-state index < -0.39 is 17.2 Å². The van der Waals surface area contributed by atoms with Crippen LogP contribution in [-0.2, 0) is 16.1 Å². The summed E-state index contributed by atoms with van der Waals surface area (Å²) in [5.74, 6) is -0.614. The van der Waals surface area contributed by atoms with Crippen molar-refractivity contribution in [2.45, 2.75) is 38.8 Å². The third-order valence-corrected chi connectivity index (χ3v) is 7.72. The smallest absolute Gasteiger partial charge is 0.271 e. The molecule has 192 valence electrons. The fraction of sp³-hybridized carbons (Fsp3) is 0.346. The quantitative estimate of drug-likeness (QED) is 0.306. The van der Waals surface area contributed by atoms with Gasteiger partial charge in [0.25, 0.3) is 11.5 Å². The highest BCUT2D eigenvalue weighted by Gasteiger charge is 2.33. The zero-order valence-corrected chi connectivity index (χ0v) is 22.0. The molecule has 0 radical (unpaired) electrons. The normalized spacial score (nSPS) is 18.5. The average Bonchev–Trinajstić information content (AvgIpc) is 3.49. The lowest BCUT2D eigenvalue weighted by Gasteiger charge is -2.19. The van der Waals surface area contributed by atoms with Crippen molar-refractivity contribution in [3.8, 4) is 17.7 Å². The molecular weight excluding hydrogens is 514 g/mol. The number of pyridine rings is 1. The second kappa shape index (κ2) is 11.3. The molecule has 0 saturated carbocycles. The maximum Gasteiger partial charge on any atom is 0.271 e. The Morgan fingerprint density at radius 2 is 2.08 bits per heavy atom. The van der Waals surface area contributed by atoms with Crippen LogP contribution in [0.5, 0.6) is 11.6 Å². The third kappa shape index (κ3) is 5.46. The van der Waals surface area contributed by atoms with E-state index in [2.05, 4.69) is 0 Å². The highest BCUT2D eigenvalue weighted by Crippen LogP contribution is 2.33. The molecular formula is C26H25N3O6S2. The van der Waals surface area contributed by atoms with Gasteiger partial charge in [0.1, 0.15) is 21.7 Å². The predicted octanol–water partition coefficient (Wildman–Crippen LogP) is 3.40. The number of rotatable bonds is 8. The molecule has 1 aromatic heterocycles. The molecule has 37 heavy (non-hydrogen) atoms. The van der Waals surface area contributed by atoms with E-state index in [1.165, 1.54) is 11.8 Å². The second-order valence-corrected chi connectivity index (χ2v) is 10.3. The number of carbonyl (C=O) groups excluding carboxylic acids is 2. The maximum absolute atomic E-state index is 13.2. The van der Waals surface area contributed by atoms with Crippen LogP contribution in [0, 0.1) is 18.3 Å². The summed E-state index contributed by atoms with van der Waals surface area (Å²) in [5, 5.41) is 20.4. The van der Waals surface area contributed by atoms with Crippen LogP contribution in [0.3, 0.4) is 0 Å². The van der Waals surface area contributed by atoms with E-state index in [0.29, 0.717) is 28.0 Å². The molecule has 1 amide bonds. The van der Waals surface area contributed by atoms with Crippen molar-refractivity contribution in [3.63, 3.8) is 0 Å². The number of thioether (sulfide) groups is 1. The number of Topliss-reactive ketones (excluding diaryl/α,β-unsaturated/α-hetero) is 1. The van der Waals surface area contributed by atoms with Crippen molar-refractivity contribution in [1.82, 2.24) is 9.47 Å². The monoisotopic (exact) mass is 539 g/mol. The summed E-state index contributed by atoms with van der Waals surface area (Å²) in [6, 6.07) is 9.06. The first-order valence-corrected chi connectivity index (χ1v) is 12.9. The minimum absolute atomic E-state index is 0.00488. The first kappa shape index (κ1) is 26.6. The van der Waals surface area contributed by atoms with E-state index in [1.54, 1.807) is 25.3 Å². The zero-order valence-electron chi connectivity index (χ0n) is 20.4. The Labute approximate surface area is 223 Å². The summed E-state index contributed by atoms with van der Waals surface area (Å²) in [6.45, 7) is 2.06. The van der Waals surface area contributed by atoms with E-state index in [4.69, 9.17) is 21.7 Å². The topological polar surface area (TPSA) is 122 Å². The highest BCUT2D eigenvalue weighted by atomic mass is 32.2. The number of benzene rings is 1. The van der Waals surface area contributed by atoms with Gasteiger partial charge in [-0.25, -0.2) is 0 Å². The number of ketones is 1. The first-order valence-electron chi connectivity index (χ1n) is 11.7. The van der Waals surface area contributed by atoms with Crippen LogP contribution >= 0.6 is 24.0 Å².